The minimum absolute atomic E-state index is 0.508. The molecule has 2 aromatic rings. The van der Waals surface area contributed by atoms with Crippen molar-refractivity contribution in [2.45, 2.75) is 33.6 Å². The standard InChI is InChI=1S/C19H16Br8O2/c1-16(20,21)18(24,25)28-14-7-3-5-12(10-14)9-13-6-4-8-15(11-13)29-19(26,27)17(2,22)23/h3-8,10-11H,9H2,1-2H3. The van der Waals surface area contributed by atoms with Gasteiger partial charge in [0.2, 0.25) is 6.84 Å². The Morgan fingerprint density at radius 1 is 0.621 bits per heavy atom. The summed E-state index contributed by atoms with van der Waals surface area (Å²) in [7, 11) is 0. The first-order chi connectivity index (χ1) is 13.1. The molecule has 0 spiro atoms. The highest BCUT2D eigenvalue weighted by Crippen LogP contribution is 2.50. The zero-order valence-corrected chi connectivity index (χ0v) is 27.9. The molecule has 0 N–H and O–H groups in total. The predicted molar refractivity (Wildman–Crippen MR) is 151 cm³/mol. The van der Waals surface area contributed by atoms with Crippen LogP contribution >= 0.6 is 127 Å². The van der Waals surface area contributed by atoms with Crippen molar-refractivity contribution < 1.29 is 9.47 Å². The third kappa shape index (κ3) is 8.00. The first-order valence-corrected chi connectivity index (χ1v) is 14.5. The van der Waals surface area contributed by atoms with E-state index in [-0.39, 0.29) is 0 Å². The molecule has 0 saturated carbocycles. The SMILES string of the molecule is CC(Br)(Br)C(Br)(Br)Oc1cccc(Cc2cccc(OC(Br)(Br)C(C)(Br)Br)c2)c1. The normalized spacial score (nSPS) is 13.3. The van der Waals surface area contributed by atoms with Crippen molar-refractivity contribution in [2.75, 3.05) is 0 Å². The van der Waals surface area contributed by atoms with Crippen LogP contribution < -0.4 is 9.47 Å². The van der Waals surface area contributed by atoms with E-state index >= 15 is 0 Å². The molecule has 0 bridgehead atoms. The van der Waals surface area contributed by atoms with Crippen molar-refractivity contribution in [3.8, 4) is 11.5 Å². The molecule has 160 valence electrons. The van der Waals surface area contributed by atoms with E-state index in [1.165, 1.54) is 0 Å². The molecule has 10 heteroatoms. The molecule has 0 aliphatic heterocycles. The number of hydrogen-bond donors (Lipinski definition) is 0. The lowest BCUT2D eigenvalue weighted by Gasteiger charge is -2.32. The zero-order chi connectivity index (χ0) is 22.1. The summed E-state index contributed by atoms with van der Waals surface area (Å²) in [4.78, 5) is 0. The highest BCUT2D eigenvalue weighted by atomic mass is 79.9. The van der Waals surface area contributed by atoms with Crippen LogP contribution in [0.1, 0.15) is 25.0 Å². The Bertz CT molecular complexity index is 771. The van der Waals surface area contributed by atoms with E-state index in [0.717, 1.165) is 29.0 Å². The van der Waals surface area contributed by atoms with Crippen molar-refractivity contribution in [3.05, 3.63) is 59.7 Å². The molecule has 29 heavy (non-hydrogen) atoms. The summed E-state index contributed by atoms with van der Waals surface area (Å²) in [5.74, 6) is 1.48. The van der Waals surface area contributed by atoms with Gasteiger partial charge in [-0.15, -0.1) is 0 Å². The van der Waals surface area contributed by atoms with Crippen molar-refractivity contribution in [2.24, 2.45) is 0 Å². The van der Waals surface area contributed by atoms with E-state index in [0.29, 0.717) is 0 Å². The smallest absolute Gasteiger partial charge is 0.242 e. The van der Waals surface area contributed by atoms with Crippen LogP contribution in [0.15, 0.2) is 48.5 Å². The van der Waals surface area contributed by atoms with Gasteiger partial charge in [-0.25, -0.2) is 0 Å². The molecule has 0 unspecified atom stereocenters. The summed E-state index contributed by atoms with van der Waals surface area (Å²) >= 11 is 28.4. The predicted octanol–water partition coefficient (Wildman–Crippen LogP) is 9.93. The molecular weight excluding hydrogens is 899 g/mol. The van der Waals surface area contributed by atoms with Gasteiger partial charge in [0.1, 0.15) is 18.0 Å². The number of rotatable bonds is 8. The molecule has 2 nitrogen and oxygen atoms in total. The molecule has 0 radical (unpaired) electrons. The van der Waals surface area contributed by atoms with Gasteiger partial charge in [0.15, 0.2) is 0 Å². The van der Waals surface area contributed by atoms with Crippen LogP contribution in [0, 0.1) is 0 Å². The Kier molecular flexibility index (Phi) is 9.76. The van der Waals surface area contributed by atoms with Crippen LogP contribution in [0.3, 0.4) is 0 Å². The fourth-order valence-electron chi connectivity index (χ4n) is 2.15. The molecule has 0 aliphatic rings. The van der Waals surface area contributed by atoms with Crippen LogP contribution in [-0.2, 0) is 6.42 Å². The van der Waals surface area contributed by atoms with Crippen molar-refractivity contribution in [3.63, 3.8) is 0 Å². The number of halogens is 8. The lowest BCUT2D eigenvalue weighted by Crippen LogP contribution is -2.37. The van der Waals surface area contributed by atoms with Crippen molar-refractivity contribution in [1.29, 1.82) is 0 Å². The average Bonchev–Trinajstić information content (AvgIpc) is 2.52. The summed E-state index contributed by atoms with van der Waals surface area (Å²) < 4.78 is 9.49. The maximum absolute atomic E-state index is 6.06. The molecule has 0 aromatic heterocycles. The van der Waals surface area contributed by atoms with Crippen LogP contribution in [0.2, 0.25) is 0 Å². The monoisotopic (exact) mass is 907 g/mol. The lowest BCUT2D eigenvalue weighted by molar-refractivity contribution is 0.265. The van der Waals surface area contributed by atoms with E-state index < -0.39 is 13.3 Å². The van der Waals surface area contributed by atoms with Crippen molar-refractivity contribution in [1.82, 2.24) is 0 Å². The summed E-state index contributed by atoms with van der Waals surface area (Å²) in [6.45, 7) is 3.87. The fourth-order valence-corrected chi connectivity index (χ4v) is 3.22. The molecule has 2 rings (SSSR count). The highest BCUT2D eigenvalue weighted by molar-refractivity contribution is 9.30. The summed E-state index contributed by atoms with van der Waals surface area (Å²) in [5.41, 5.74) is 2.24. The van der Waals surface area contributed by atoms with E-state index in [2.05, 4.69) is 140 Å². The second-order valence-electron chi connectivity index (χ2n) is 6.49. The van der Waals surface area contributed by atoms with E-state index in [1.807, 2.05) is 50.2 Å². The Morgan fingerprint density at radius 2 is 0.966 bits per heavy atom. The van der Waals surface area contributed by atoms with Gasteiger partial charge in [-0.1, -0.05) is 88.0 Å². The number of ether oxygens (including phenoxy) is 2. The lowest BCUT2D eigenvalue weighted by atomic mass is 10.0. The summed E-state index contributed by atoms with van der Waals surface area (Å²) in [6, 6.07) is 16.0. The third-order valence-corrected chi connectivity index (χ3v) is 14.0. The maximum Gasteiger partial charge on any atom is 0.242 e. The summed E-state index contributed by atoms with van der Waals surface area (Å²) in [5, 5.41) is 0. The molecule has 0 amide bonds. The van der Waals surface area contributed by atoms with Gasteiger partial charge in [-0.05, 0) is 119 Å². The Hall–Kier alpha value is 1.88. The molecular formula is C19H16Br8O2. The van der Waals surface area contributed by atoms with Gasteiger partial charge >= 0.3 is 0 Å². The Morgan fingerprint density at radius 3 is 1.28 bits per heavy atom. The van der Waals surface area contributed by atoms with Crippen molar-refractivity contribution >= 4 is 127 Å². The number of hydrogen-bond acceptors (Lipinski definition) is 2. The molecule has 0 fully saturated rings. The second-order valence-corrected chi connectivity index (χ2v) is 21.6. The quantitative estimate of drug-likeness (QED) is 0.246. The first-order valence-electron chi connectivity index (χ1n) is 8.18. The Labute approximate surface area is 238 Å². The maximum atomic E-state index is 6.06. The average molecular weight is 916 g/mol. The molecule has 0 atom stereocenters. The minimum Gasteiger partial charge on any atom is -0.464 e. The van der Waals surface area contributed by atoms with Gasteiger partial charge in [0.05, 0.1) is 0 Å². The fraction of sp³-hybridized carbons (Fsp3) is 0.368. The van der Waals surface area contributed by atoms with Gasteiger partial charge in [0, 0.05) is 0 Å². The third-order valence-electron chi connectivity index (χ3n) is 3.72. The van der Waals surface area contributed by atoms with E-state index in [1.54, 1.807) is 0 Å². The molecule has 0 heterocycles. The summed E-state index contributed by atoms with van der Waals surface area (Å²) in [6.07, 6.45) is 0.739. The largest absolute Gasteiger partial charge is 0.464 e. The van der Waals surface area contributed by atoms with Crippen LogP contribution in [0.25, 0.3) is 0 Å². The number of benzene rings is 2. The van der Waals surface area contributed by atoms with Gasteiger partial charge in [-0.3, -0.25) is 0 Å². The first kappa shape index (κ1) is 27.1. The molecule has 0 aliphatic carbocycles. The highest BCUT2D eigenvalue weighted by Gasteiger charge is 2.44. The number of alkyl halides is 8. The van der Waals surface area contributed by atoms with Gasteiger partial charge in [-0.2, -0.15) is 0 Å². The van der Waals surface area contributed by atoms with E-state index in [4.69, 9.17) is 9.47 Å². The van der Waals surface area contributed by atoms with Crippen LogP contribution in [0.5, 0.6) is 11.5 Å². The van der Waals surface area contributed by atoms with Crippen LogP contribution in [-0.4, -0.2) is 13.3 Å². The van der Waals surface area contributed by atoms with Gasteiger partial charge in [0.25, 0.3) is 0 Å². The Balaban J connectivity index is 2.17. The van der Waals surface area contributed by atoms with E-state index in [9.17, 15) is 0 Å². The molecule has 2 aromatic carbocycles. The topological polar surface area (TPSA) is 18.5 Å². The van der Waals surface area contributed by atoms with Crippen LogP contribution in [0.4, 0.5) is 0 Å². The zero-order valence-electron chi connectivity index (χ0n) is 15.2. The second kappa shape index (κ2) is 10.4. The molecule has 0 saturated heterocycles. The minimum atomic E-state index is -0.813. The van der Waals surface area contributed by atoms with Gasteiger partial charge < -0.3 is 9.47 Å².